The van der Waals surface area contributed by atoms with Gasteiger partial charge in [0.25, 0.3) is 0 Å². The van der Waals surface area contributed by atoms with E-state index in [-0.39, 0.29) is 23.7 Å². The van der Waals surface area contributed by atoms with Crippen molar-refractivity contribution < 1.29 is 43.5 Å². The Kier molecular flexibility index (Phi) is 6.49. The fourth-order valence-electron chi connectivity index (χ4n) is 7.16. The van der Waals surface area contributed by atoms with E-state index in [1.807, 2.05) is 18.7 Å². The number of cyclic esters (lactones) is 1. The quantitative estimate of drug-likeness (QED) is 0.418. The van der Waals surface area contributed by atoms with Crippen molar-refractivity contribution in [3.05, 3.63) is 34.3 Å². The molecule has 0 spiro atoms. The molecule has 202 valence electrons. The van der Waals surface area contributed by atoms with E-state index >= 15 is 0 Å². The maximum absolute atomic E-state index is 14.0. The predicted octanol–water partition coefficient (Wildman–Crippen LogP) is 1.58. The van der Waals surface area contributed by atoms with Crippen molar-refractivity contribution in [2.24, 2.45) is 16.7 Å². The van der Waals surface area contributed by atoms with Crippen molar-refractivity contribution in [1.82, 2.24) is 4.90 Å². The van der Waals surface area contributed by atoms with Crippen LogP contribution in [-0.4, -0.2) is 91.2 Å². The van der Waals surface area contributed by atoms with Crippen molar-refractivity contribution in [2.45, 2.75) is 58.3 Å². The average molecular weight is 518 g/mol. The van der Waals surface area contributed by atoms with E-state index in [0.29, 0.717) is 56.7 Å². The van der Waals surface area contributed by atoms with Gasteiger partial charge in [-0.3, -0.25) is 9.59 Å². The zero-order valence-electron chi connectivity index (χ0n) is 21.7. The van der Waals surface area contributed by atoms with Crippen LogP contribution in [0.5, 0.6) is 0 Å². The number of fused-ring (bicyclic) bond motifs is 4. The summed E-state index contributed by atoms with van der Waals surface area (Å²) in [6.07, 6.45) is 0.570. The first-order valence-corrected chi connectivity index (χ1v) is 12.9. The van der Waals surface area contributed by atoms with E-state index < -0.39 is 52.6 Å². The van der Waals surface area contributed by atoms with Crippen LogP contribution >= 0.6 is 0 Å². The van der Waals surface area contributed by atoms with Crippen LogP contribution in [-0.2, 0) is 33.3 Å². The topological polar surface area (TPSA) is 132 Å². The molecule has 5 aliphatic rings. The van der Waals surface area contributed by atoms with Crippen molar-refractivity contribution >= 4 is 17.7 Å². The number of Topliss-reactive ketones (excluding diaryl/α,β-unsaturated/α-hetero) is 1. The van der Waals surface area contributed by atoms with Gasteiger partial charge in [0.15, 0.2) is 5.76 Å². The highest BCUT2D eigenvalue weighted by molar-refractivity contribution is 6.13. The zero-order chi connectivity index (χ0) is 26.7. The van der Waals surface area contributed by atoms with Crippen LogP contribution in [0.25, 0.3) is 0 Å². The molecule has 2 N–H and O–H groups in total. The number of esters is 2. The van der Waals surface area contributed by atoms with Gasteiger partial charge in [-0.25, -0.2) is 4.79 Å². The third kappa shape index (κ3) is 3.83. The first-order valence-electron chi connectivity index (χ1n) is 12.9. The lowest BCUT2D eigenvalue weighted by Gasteiger charge is -2.54. The Morgan fingerprint density at radius 3 is 2.57 bits per heavy atom. The highest BCUT2D eigenvalue weighted by Gasteiger charge is 2.64. The minimum Gasteiger partial charge on any atom is -0.504 e. The molecule has 6 atom stereocenters. The highest BCUT2D eigenvalue weighted by atomic mass is 16.6. The maximum atomic E-state index is 14.0. The van der Waals surface area contributed by atoms with Crippen LogP contribution in [0.2, 0.25) is 0 Å². The van der Waals surface area contributed by atoms with E-state index in [4.69, 9.17) is 18.9 Å². The largest absolute Gasteiger partial charge is 0.504 e. The molecule has 2 aliphatic heterocycles. The Morgan fingerprint density at radius 2 is 1.92 bits per heavy atom. The van der Waals surface area contributed by atoms with Gasteiger partial charge in [-0.1, -0.05) is 6.92 Å². The number of allylic oxidation sites excluding steroid dienone is 1. The molecule has 10 nitrogen and oxygen atoms in total. The van der Waals surface area contributed by atoms with Gasteiger partial charge in [-0.2, -0.15) is 0 Å². The number of carbonyl (C=O) groups is 3. The Bertz CT molecular complexity index is 1120. The smallest absolute Gasteiger partial charge is 0.340 e. The van der Waals surface area contributed by atoms with Crippen molar-refractivity contribution in [1.29, 1.82) is 0 Å². The van der Waals surface area contributed by atoms with E-state index in [9.17, 15) is 24.6 Å². The average Bonchev–Trinajstić information content (AvgIpc) is 3.14. The van der Waals surface area contributed by atoms with Gasteiger partial charge in [0.1, 0.15) is 12.2 Å². The summed E-state index contributed by atoms with van der Waals surface area (Å²) in [7, 11) is 1.48. The van der Waals surface area contributed by atoms with Crippen LogP contribution in [0.4, 0.5) is 0 Å². The molecule has 2 saturated heterocycles. The Hall–Kier alpha value is -2.69. The normalized spacial score (nSPS) is 38.8. The third-order valence-electron chi connectivity index (χ3n) is 9.01. The third-order valence-corrected chi connectivity index (χ3v) is 9.01. The number of aliphatic hydroxyl groups is 2. The molecule has 0 radical (unpaired) electrons. The molecule has 0 amide bonds. The Balaban J connectivity index is 1.74. The minimum absolute atomic E-state index is 0.00613. The second-order valence-electron chi connectivity index (χ2n) is 11.1. The monoisotopic (exact) mass is 517 g/mol. The number of ether oxygens (including phenoxy) is 4. The van der Waals surface area contributed by atoms with Crippen LogP contribution in [0, 0.1) is 16.7 Å². The molecular weight excluding hydrogens is 482 g/mol. The molecule has 0 bridgehead atoms. The first kappa shape index (κ1) is 25.9. The number of hydrogen-bond donors (Lipinski definition) is 2. The summed E-state index contributed by atoms with van der Waals surface area (Å²) in [5.74, 6) is -2.63. The fourth-order valence-corrected chi connectivity index (χ4v) is 7.16. The second kappa shape index (κ2) is 9.25. The SMILES string of the molecule is COCC1OC(=O)C(=CN2CCOCC2)C2=C(O)C(=O)C3=C(C(OC(C)=O)CC4(C)C(O)CCC34)C21C. The summed E-state index contributed by atoms with van der Waals surface area (Å²) in [4.78, 5) is 41.4. The van der Waals surface area contributed by atoms with Gasteiger partial charge in [-0.05, 0) is 37.7 Å². The molecule has 2 heterocycles. The number of rotatable bonds is 4. The van der Waals surface area contributed by atoms with Crippen LogP contribution in [0.3, 0.4) is 0 Å². The summed E-state index contributed by atoms with van der Waals surface area (Å²) in [5, 5.41) is 22.4. The van der Waals surface area contributed by atoms with Gasteiger partial charge in [0, 0.05) is 49.9 Å². The number of ketones is 1. The second-order valence-corrected chi connectivity index (χ2v) is 11.1. The minimum atomic E-state index is -1.20. The lowest BCUT2D eigenvalue weighted by atomic mass is 9.53. The van der Waals surface area contributed by atoms with Gasteiger partial charge in [0.05, 0.1) is 36.9 Å². The summed E-state index contributed by atoms with van der Waals surface area (Å²) in [6.45, 7) is 7.08. The molecule has 0 aromatic heterocycles. The summed E-state index contributed by atoms with van der Waals surface area (Å²) < 4.78 is 22.6. The molecule has 37 heavy (non-hydrogen) atoms. The maximum Gasteiger partial charge on any atom is 0.340 e. The highest BCUT2D eigenvalue weighted by Crippen LogP contribution is 2.63. The molecular formula is C27H35NO9. The number of methoxy groups -OCH3 is 1. The van der Waals surface area contributed by atoms with Gasteiger partial charge in [0.2, 0.25) is 5.78 Å². The standard InChI is InChI=1S/C27H35NO9/c1-14(29)36-17-11-26(2)16(5-6-18(26)30)20-22(17)27(3)19(13-34-4)37-25(33)15(21(27)24(32)23(20)31)12-28-7-9-35-10-8-28/h12,16-19,30,32H,5-11,13H2,1-4H3. The molecule has 0 aromatic carbocycles. The van der Waals surface area contributed by atoms with Crippen molar-refractivity contribution in [3.8, 4) is 0 Å². The van der Waals surface area contributed by atoms with Crippen LogP contribution in [0.15, 0.2) is 34.3 Å². The van der Waals surface area contributed by atoms with Gasteiger partial charge in [-0.15, -0.1) is 0 Å². The molecule has 1 saturated carbocycles. The van der Waals surface area contributed by atoms with Crippen molar-refractivity contribution in [2.75, 3.05) is 40.0 Å². The fraction of sp³-hybridized carbons (Fsp3) is 0.667. The number of hydrogen-bond acceptors (Lipinski definition) is 10. The molecule has 3 fully saturated rings. The number of carbonyl (C=O) groups excluding carboxylic acids is 3. The van der Waals surface area contributed by atoms with E-state index in [0.717, 1.165) is 0 Å². The lowest BCUT2D eigenvalue weighted by Crippen LogP contribution is -2.57. The zero-order valence-corrected chi connectivity index (χ0v) is 21.7. The number of nitrogens with zero attached hydrogens (tertiary/aromatic N) is 1. The molecule has 6 unspecified atom stereocenters. The van der Waals surface area contributed by atoms with E-state index in [1.54, 1.807) is 6.20 Å². The van der Waals surface area contributed by atoms with E-state index in [1.165, 1.54) is 14.0 Å². The van der Waals surface area contributed by atoms with Crippen molar-refractivity contribution in [3.63, 3.8) is 0 Å². The summed E-state index contributed by atoms with van der Waals surface area (Å²) in [5.41, 5.74) is -0.776. The Labute approximate surface area is 215 Å². The lowest BCUT2D eigenvalue weighted by molar-refractivity contribution is -0.161. The summed E-state index contributed by atoms with van der Waals surface area (Å²) >= 11 is 0. The molecule has 0 aromatic rings. The summed E-state index contributed by atoms with van der Waals surface area (Å²) in [6, 6.07) is 0. The first-order chi connectivity index (χ1) is 17.5. The number of morpholine rings is 1. The van der Waals surface area contributed by atoms with Crippen LogP contribution in [0.1, 0.15) is 40.0 Å². The molecule has 3 aliphatic carbocycles. The van der Waals surface area contributed by atoms with Gasteiger partial charge < -0.3 is 34.1 Å². The Morgan fingerprint density at radius 1 is 1.22 bits per heavy atom. The van der Waals surface area contributed by atoms with Crippen LogP contribution < -0.4 is 0 Å². The van der Waals surface area contributed by atoms with E-state index in [2.05, 4.69) is 0 Å². The predicted molar refractivity (Wildman–Crippen MR) is 129 cm³/mol. The molecule has 5 rings (SSSR count). The molecule has 10 heteroatoms. The number of aliphatic hydroxyl groups excluding tert-OH is 2. The van der Waals surface area contributed by atoms with Gasteiger partial charge >= 0.3 is 11.9 Å².